The molecule has 5 rings (SSSR count). The normalized spacial score (nSPS) is 29.1. The number of fused-ring (bicyclic) bond motifs is 3. The molecule has 0 saturated carbocycles. The van der Waals surface area contributed by atoms with Gasteiger partial charge in [0.2, 0.25) is 0 Å². The van der Waals surface area contributed by atoms with Crippen LogP contribution in [0.1, 0.15) is 34.3 Å². The number of carbonyl (C=O) groups is 3. The number of ether oxygens (including phenoxy) is 2. The number of benzene rings is 1. The molecule has 0 spiro atoms. The summed E-state index contributed by atoms with van der Waals surface area (Å²) in [6.07, 6.45) is 1.10. The van der Waals surface area contributed by atoms with Crippen molar-refractivity contribution < 1.29 is 49.3 Å². The quantitative estimate of drug-likeness (QED) is 0.161. The highest BCUT2D eigenvalue weighted by Gasteiger charge is 2.63. The molecule has 4 aliphatic rings. The van der Waals surface area contributed by atoms with E-state index in [-0.39, 0.29) is 29.7 Å². The van der Waals surface area contributed by atoms with Gasteiger partial charge in [-0.15, -0.1) is 0 Å². The number of phenolic OH excluding ortho intramolecular Hbond substituents is 1. The number of ketones is 2. The third-order valence-electron chi connectivity index (χ3n) is 9.06. The van der Waals surface area contributed by atoms with Crippen LogP contribution in [-0.2, 0) is 32.2 Å². The summed E-state index contributed by atoms with van der Waals surface area (Å²) in [7, 11) is 6.56. The standard InChI is InChI=1S/C29H37N3O10/c1-31(2)22-17-8-14-7-16-20(18(33)9-15(25(16)40-4)11-32(3)10-13-5-6-41-12-13)23(34)19(14)27(42-39)29(17,38)26(36)21(24(22)35)28(30)37/h9,13-14,17,22,33,36,38-39H,5-8,10-12H2,1-4H3,(H2,30,37)/t13?,14-,17-,22-,29+/m0/s1. The number of phenols is 1. The van der Waals surface area contributed by atoms with Gasteiger partial charge in [0.1, 0.15) is 22.8 Å². The number of aliphatic hydroxyl groups excluding tert-OH is 1. The van der Waals surface area contributed by atoms with Gasteiger partial charge in [-0.25, -0.2) is 5.26 Å². The van der Waals surface area contributed by atoms with Crippen LogP contribution < -0.4 is 10.5 Å². The van der Waals surface area contributed by atoms with Crippen molar-refractivity contribution in [2.75, 3.05) is 48.0 Å². The first kappa shape index (κ1) is 30.0. The lowest BCUT2D eigenvalue weighted by molar-refractivity contribution is -0.241. The predicted octanol–water partition coefficient (Wildman–Crippen LogP) is 0.529. The van der Waals surface area contributed by atoms with Gasteiger partial charge in [-0.2, -0.15) is 0 Å². The van der Waals surface area contributed by atoms with E-state index in [1.807, 2.05) is 7.05 Å². The third-order valence-corrected chi connectivity index (χ3v) is 9.06. The van der Waals surface area contributed by atoms with Gasteiger partial charge in [0.25, 0.3) is 5.91 Å². The van der Waals surface area contributed by atoms with Crippen molar-refractivity contribution in [3.63, 3.8) is 0 Å². The number of nitrogens with two attached hydrogens (primary N) is 1. The first-order chi connectivity index (χ1) is 19.9. The summed E-state index contributed by atoms with van der Waals surface area (Å²) in [6, 6.07) is 0.313. The molecule has 1 fully saturated rings. The molecule has 1 saturated heterocycles. The van der Waals surface area contributed by atoms with Gasteiger partial charge in [-0.3, -0.25) is 19.3 Å². The average Bonchev–Trinajstić information content (AvgIpc) is 3.41. The molecule has 0 bridgehead atoms. The maximum absolute atomic E-state index is 14.0. The van der Waals surface area contributed by atoms with Gasteiger partial charge in [0, 0.05) is 42.3 Å². The zero-order chi connectivity index (χ0) is 30.7. The van der Waals surface area contributed by atoms with E-state index in [0.29, 0.717) is 35.9 Å². The van der Waals surface area contributed by atoms with Crippen molar-refractivity contribution in [1.82, 2.24) is 9.80 Å². The molecule has 1 aromatic rings. The lowest BCUT2D eigenvalue weighted by Gasteiger charge is -2.50. The lowest BCUT2D eigenvalue weighted by Crippen LogP contribution is -2.63. The highest BCUT2D eigenvalue weighted by Crippen LogP contribution is 2.55. The fourth-order valence-electron chi connectivity index (χ4n) is 7.35. The van der Waals surface area contributed by atoms with Crippen molar-refractivity contribution in [2.24, 2.45) is 23.5 Å². The van der Waals surface area contributed by atoms with Gasteiger partial charge in [-0.05, 0) is 58.3 Å². The zero-order valence-corrected chi connectivity index (χ0v) is 24.0. The number of methoxy groups -OCH3 is 1. The number of likely N-dealkylation sites (N-methyl/N-ethyl adjacent to an activating group) is 1. The lowest BCUT2D eigenvalue weighted by atomic mass is 9.59. The molecule has 1 unspecified atom stereocenters. The predicted molar refractivity (Wildman–Crippen MR) is 147 cm³/mol. The summed E-state index contributed by atoms with van der Waals surface area (Å²) in [5.74, 6) is -5.95. The van der Waals surface area contributed by atoms with E-state index < -0.39 is 58.0 Å². The van der Waals surface area contributed by atoms with Gasteiger partial charge in [-0.1, -0.05) is 0 Å². The topological polar surface area (TPSA) is 192 Å². The van der Waals surface area contributed by atoms with Crippen LogP contribution in [-0.4, -0.2) is 108 Å². The molecule has 1 amide bonds. The fourth-order valence-corrected chi connectivity index (χ4v) is 7.35. The number of aliphatic hydroxyl groups is 2. The second-order valence-electron chi connectivity index (χ2n) is 11.9. The Morgan fingerprint density at radius 2 is 1.95 bits per heavy atom. The molecule has 1 aliphatic heterocycles. The molecule has 5 atom stereocenters. The molecule has 0 radical (unpaired) electrons. The maximum Gasteiger partial charge on any atom is 0.255 e. The van der Waals surface area contributed by atoms with E-state index in [4.69, 9.17) is 15.2 Å². The fraction of sp³-hybridized carbons (Fsp3) is 0.552. The molecule has 1 aromatic carbocycles. The monoisotopic (exact) mass is 587 g/mol. The number of aromatic hydroxyl groups is 1. The number of carbonyl (C=O) groups excluding carboxylic acids is 3. The van der Waals surface area contributed by atoms with Crippen LogP contribution in [0, 0.1) is 17.8 Å². The van der Waals surface area contributed by atoms with Crippen LogP contribution in [0.25, 0.3) is 0 Å². The molecular weight excluding hydrogens is 550 g/mol. The molecular formula is C29H37N3O10. The second-order valence-corrected chi connectivity index (χ2v) is 11.9. The van der Waals surface area contributed by atoms with Crippen molar-refractivity contribution in [2.45, 2.75) is 37.5 Å². The smallest absolute Gasteiger partial charge is 0.255 e. The first-order valence-electron chi connectivity index (χ1n) is 13.8. The summed E-state index contributed by atoms with van der Waals surface area (Å²) in [4.78, 5) is 47.7. The van der Waals surface area contributed by atoms with E-state index in [1.54, 1.807) is 14.1 Å². The minimum atomic E-state index is -2.62. The van der Waals surface area contributed by atoms with Crippen LogP contribution in [0.4, 0.5) is 0 Å². The van der Waals surface area contributed by atoms with E-state index in [0.717, 1.165) is 19.6 Å². The van der Waals surface area contributed by atoms with E-state index >= 15 is 0 Å². The average molecular weight is 588 g/mol. The van der Waals surface area contributed by atoms with Crippen molar-refractivity contribution in [3.05, 3.63) is 45.4 Å². The summed E-state index contributed by atoms with van der Waals surface area (Å²) in [5.41, 5.74) is 2.79. The zero-order valence-electron chi connectivity index (χ0n) is 24.0. The first-order valence-corrected chi connectivity index (χ1v) is 13.8. The van der Waals surface area contributed by atoms with E-state index in [2.05, 4.69) is 9.79 Å². The number of hydrogen-bond acceptors (Lipinski definition) is 12. The molecule has 1 heterocycles. The minimum Gasteiger partial charge on any atom is -0.508 e. The Morgan fingerprint density at radius 1 is 1.24 bits per heavy atom. The SMILES string of the molecule is COc1c(CN(C)CC2CCOC2)cc(O)c2c1C[C@H]1C[C@H]3[C@H](N(C)C)C(=O)C(C(N)=O)=C(O)[C@@]3(O)C(OO)=C1C2=O. The molecule has 3 aliphatic carbocycles. The Hall–Kier alpha value is -3.49. The number of nitrogens with zero attached hydrogens (tertiary/aromatic N) is 2. The van der Waals surface area contributed by atoms with Gasteiger partial charge in [0.05, 0.1) is 25.3 Å². The summed E-state index contributed by atoms with van der Waals surface area (Å²) in [5, 5.41) is 44.1. The number of allylic oxidation sites excluding steroid dienone is 1. The van der Waals surface area contributed by atoms with Crippen LogP contribution in [0.2, 0.25) is 0 Å². The number of rotatable bonds is 8. The third kappa shape index (κ3) is 4.47. The summed E-state index contributed by atoms with van der Waals surface area (Å²) >= 11 is 0. The summed E-state index contributed by atoms with van der Waals surface area (Å²) in [6.45, 7) is 2.62. The minimum absolute atomic E-state index is 0.00963. The Labute approximate surface area is 242 Å². The molecule has 6 N–H and O–H groups in total. The molecule has 228 valence electrons. The maximum atomic E-state index is 14.0. The highest BCUT2D eigenvalue weighted by atomic mass is 17.1. The largest absolute Gasteiger partial charge is 0.508 e. The van der Waals surface area contributed by atoms with Crippen molar-refractivity contribution >= 4 is 17.5 Å². The van der Waals surface area contributed by atoms with E-state index in [1.165, 1.54) is 18.1 Å². The Morgan fingerprint density at radius 3 is 2.52 bits per heavy atom. The molecule has 0 aromatic heterocycles. The van der Waals surface area contributed by atoms with Crippen LogP contribution in [0.3, 0.4) is 0 Å². The van der Waals surface area contributed by atoms with Gasteiger partial charge in [0.15, 0.2) is 22.9 Å². The van der Waals surface area contributed by atoms with E-state index in [9.17, 15) is 35.0 Å². The Balaban J connectivity index is 1.63. The molecule has 13 heteroatoms. The van der Waals surface area contributed by atoms with Crippen molar-refractivity contribution in [1.29, 1.82) is 0 Å². The van der Waals surface area contributed by atoms with Crippen LogP contribution in [0.5, 0.6) is 11.5 Å². The summed E-state index contributed by atoms with van der Waals surface area (Å²) < 4.78 is 11.3. The highest BCUT2D eigenvalue weighted by molar-refractivity contribution is 6.22. The Bertz CT molecular complexity index is 1400. The number of primary amides is 1. The second kappa shape index (κ2) is 11.0. The molecule has 13 nitrogen and oxygen atoms in total. The number of Topliss-reactive ketones (excluding diaryl/α,β-unsaturated/α-hetero) is 2. The van der Waals surface area contributed by atoms with Crippen LogP contribution >= 0.6 is 0 Å². The van der Waals surface area contributed by atoms with Crippen LogP contribution in [0.15, 0.2) is 28.7 Å². The Kier molecular flexibility index (Phi) is 7.83. The van der Waals surface area contributed by atoms with Gasteiger partial charge >= 0.3 is 0 Å². The molecule has 42 heavy (non-hydrogen) atoms. The number of amides is 1. The van der Waals surface area contributed by atoms with Crippen molar-refractivity contribution in [3.8, 4) is 11.5 Å². The number of hydrogen-bond donors (Lipinski definition) is 5. The van der Waals surface area contributed by atoms with Gasteiger partial charge < -0.3 is 40.3 Å².